The van der Waals surface area contributed by atoms with Gasteiger partial charge in [-0.3, -0.25) is 0 Å². The highest BCUT2D eigenvalue weighted by atomic mass is 79.9. The van der Waals surface area contributed by atoms with Crippen molar-refractivity contribution >= 4 is 31.9 Å². The Kier molecular flexibility index (Phi) is 2.46. The first kappa shape index (κ1) is 8.90. The predicted molar refractivity (Wildman–Crippen MR) is 55.6 cm³/mol. The number of aromatic nitrogens is 3. The third-order valence-electron chi connectivity index (χ3n) is 1.44. The summed E-state index contributed by atoms with van der Waals surface area (Å²) in [6, 6.07) is 5.50. The Morgan fingerprint density at radius 3 is 2.85 bits per heavy atom. The lowest BCUT2D eigenvalue weighted by Gasteiger charge is -2.00. The van der Waals surface area contributed by atoms with Gasteiger partial charge in [-0.1, -0.05) is 0 Å². The highest BCUT2D eigenvalue weighted by molar-refractivity contribution is 9.10. The standard InChI is InChI=1S/C8H4Br2N3/c9-6-2-1-4-11-8(6)13-5-3-7(10)12-13/h1-4H. The smallest absolute Gasteiger partial charge is 0.168 e. The molecule has 0 aliphatic rings. The second-order valence-corrected chi connectivity index (χ2v) is 3.98. The van der Waals surface area contributed by atoms with Crippen LogP contribution in [0.1, 0.15) is 0 Å². The van der Waals surface area contributed by atoms with Crippen molar-refractivity contribution in [3.05, 3.63) is 39.7 Å². The third kappa shape index (κ3) is 1.81. The van der Waals surface area contributed by atoms with E-state index in [0.717, 1.165) is 14.9 Å². The van der Waals surface area contributed by atoms with Crippen LogP contribution < -0.4 is 0 Å². The lowest BCUT2D eigenvalue weighted by molar-refractivity contribution is 0.828. The highest BCUT2D eigenvalue weighted by Gasteiger charge is 2.03. The Morgan fingerprint density at radius 2 is 2.23 bits per heavy atom. The topological polar surface area (TPSA) is 30.7 Å². The van der Waals surface area contributed by atoms with Gasteiger partial charge in [0.25, 0.3) is 0 Å². The van der Waals surface area contributed by atoms with E-state index in [9.17, 15) is 0 Å². The van der Waals surface area contributed by atoms with Crippen molar-refractivity contribution in [3.8, 4) is 5.82 Å². The predicted octanol–water partition coefficient (Wildman–Crippen LogP) is 2.59. The first-order valence-electron chi connectivity index (χ1n) is 3.51. The van der Waals surface area contributed by atoms with Gasteiger partial charge in [-0.05, 0) is 44.0 Å². The fourth-order valence-corrected chi connectivity index (χ4v) is 1.59. The van der Waals surface area contributed by atoms with E-state index in [4.69, 9.17) is 0 Å². The minimum atomic E-state index is 0.730. The SMILES string of the molecule is Brc1c[c]n(-c2ncccc2Br)n1. The van der Waals surface area contributed by atoms with E-state index >= 15 is 0 Å². The van der Waals surface area contributed by atoms with Crippen molar-refractivity contribution in [1.82, 2.24) is 14.8 Å². The number of halogens is 2. The van der Waals surface area contributed by atoms with E-state index in [1.165, 1.54) is 0 Å². The van der Waals surface area contributed by atoms with Crippen LogP contribution in [0.2, 0.25) is 0 Å². The molecule has 0 aliphatic carbocycles. The van der Waals surface area contributed by atoms with Crippen molar-refractivity contribution in [2.75, 3.05) is 0 Å². The molecule has 0 N–H and O–H groups in total. The molecule has 2 aromatic heterocycles. The summed E-state index contributed by atoms with van der Waals surface area (Å²) in [5, 5.41) is 4.13. The fraction of sp³-hybridized carbons (Fsp3) is 0. The molecule has 0 aliphatic heterocycles. The van der Waals surface area contributed by atoms with Gasteiger partial charge in [0.2, 0.25) is 0 Å². The average Bonchev–Trinajstić information content (AvgIpc) is 2.53. The molecule has 0 saturated carbocycles. The highest BCUT2D eigenvalue weighted by Crippen LogP contribution is 2.17. The lowest BCUT2D eigenvalue weighted by Crippen LogP contribution is -1.98. The van der Waals surface area contributed by atoms with Crippen molar-refractivity contribution in [1.29, 1.82) is 0 Å². The Labute approximate surface area is 92.1 Å². The third-order valence-corrected chi connectivity index (χ3v) is 2.45. The van der Waals surface area contributed by atoms with E-state index in [1.807, 2.05) is 12.1 Å². The number of hydrogen-bond acceptors (Lipinski definition) is 2. The van der Waals surface area contributed by atoms with Crippen molar-refractivity contribution in [2.45, 2.75) is 0 Å². The Bertz CT molecular complexity index is 425. The summed E-state index contributed by atoms with van der Waals surface area (Å²) in [7, 11) is 0. The molecule has 0 amide bonds. The lowest BCUT2D eigenvalue weighted by atomic mass is 10.5. The summed E-state index contributed by atoms with van der Waals surface area (Å²) in [6.45, 7) is 0. The molecule has 3 nitrogen and oxygen atoms in total. The summed E-state index contributed by atoms with van der Waals surface area (Å²) in [5.41, 5.74) is 0. The Hall–Kier alpha value is -0.680. The maximum atomic E-state index is 4.16. The quantitative estimate of drug-likeness (QED) is 0.810. The zero-order valence-corrected chi connectivity index (χ0v) is 9.58. The van der Waals surface area contributed by atoms with E-state index in [1.54, 1.807) is 16.9 Å². The van der Waals surface area contributed by atoms with Gasteiger partial charge in [-0.2, -0.15) is 5.10 Å². The molecular weight excluding hydrogens is 298 g/mol. The van der Waals surface area contributed by atoms with Crippen LogP contribution in [-0.2, 0) is 0 Å². The average molecular weight is 302 g/mol. The summed E-state index contributed by atoms with van der Waals surface area (Å²) in [6.07, 6.45) is 4.64. The number of pyridine rings is 1. The maximum Gasteiger partial charge on any atom is 0.168 e. The van der Waals surface area contributed by atoms with E-state index in [0.29, 0.717) is 0 Å². The van der Waals surface area contributed by atoms with Crippen LogP contribution in [-0.4, -0.2) is 14.8 Å². The van der Waals surface area contributed by atoms with Crippen LogP contribution in [0.15, 0.2) is 33.5 Å². The first-order valence-corrected chi connectivity index (χ1v) is 5.10. The second kappa shape index (κ2) is 3.59. The maximum absolute atomic E-state index is 4.16. The molecule has 1 radical (unpaired) electrons. The van der Waals surface area contributed by atoms with Gasteiger partial charge >= 0.3 is 0 Å². The molecule has 2 aromatic rings. The molecule has 0 fully saturated rings. The van der Waals surface area contributed by atoms with Crippen LogP contribution in [0.25, 0.3) is 5.82 Å². The molecule has 65 valence electrons. The van der Waals surface area contributed by atoms with Gasteiger partial charge in [-0.15, -0.1) is 0 Å². The van der Waals surface area contributed by atoms with Crippen molar-refractivity contribution < 1.29 is 0 Å². The number of hydrogen-bond donors (Lipinski definition) is 0. The van der Waals surface area contributed by atoms with E-state index < -0.39 is 0 Å². The zero-order valence-electron chi connectivity index (χ0n) is 6.41. The van der Waals surface area contributed by atoms with Gasteiger partial charge in [0.1, 0.15) is 4.60 Å². The van der Waals surface area contributed by atoms with Crippen LogP contribution >= 0.6 is 31.9 Å². The van der Waals surface area contributed by atoms with Gasteiger partial charge in [0.15, 0.2) is 5.82 Å². The molecule has 0 spiro atoms. The summed E-state index contributed by atoms with van der Waals surface area (Å²) >= 11 is 6.63. The minimum Gasteiger partial charge on any atom is -0.236 e. The van der Waals surface area contributed by atoms with Crippen LogP contribution in [0.3, 0.4) is 0 Å². The monoisotopic (exact) mass is 300 g/mol. The molecular formula is C8H4Br2N3. The summed E-state index contributed by atoms with van der Waals surface area (Å²) in [4.78, 5) is 4.16. The second-order valence-electron chi connectivity index (χ2n) is 2.32. The molecule has 2 rings (SSSR count). The van der Waals surface area contributed by atoms with Crippen LogP contribution in [0.4, 0.5) is 0 Å². The largest absolute Gasteiger partial charge is 0.236 e. The molecule has 5 heteroatoms. The Morgan fingerprint density at radius 1 is 1.38 bits per heavy atom. The molecule has 0 unspecified atom stereocenters. The summed E-state index contributed by atoms with van der Waals surface area (Å²) < 4.78 is 3.21. The fourth-order valence-electron chi connectivity index (χ4n) is 0.909. The van der Waals surface area contributed by atoms with Crippen molar-refractivity contribution in [2.24, 2.45) is 0 Å². The zero-order chi connectivity index (χ0) is 9.26. The van der Waals surface area contributed by atoms with Gasteiger partial charge < -0.3 is 0 Å². The molecule has 2 heterocycles. The first-order chi connectivity index (χ1) is 6.27. The van der Waals surface area contributed by atoms with E-state index in [2.05, 4.69) is 48.1 Å². The van der Waals surface area contributed by atoms with Gasteiger partial charge in [0, 0.05) is 12.3 Å². The molecule has 0 bridgehead atoms. The number of nitrogens with zero attached hydrogens (tertiary/aromatic N) is 3. The normalized spacial score (nSPS) is 10.3. The van der Waals surface area contributed by atoms with Gasteiger partial charge in [-0.25, -0.2) is 9.67 Å². The molecule has 0 atom stereocenters. The minimum absolute atomic E-state index is 0.730. The van der Waals surface area contributed by atoms with Crippen LogP contribution in [0.5, 0.6) is 0 Å². The molecule has 0 aromatic carbocycles. The number of rotatable bonds is 1. The molecule has 13 heavy (non-hydrogen) atoms. The van der Waals surface area contributed by atoms with Crippen LogP contribution in [0, 0.1) is 6.20 Å². The Balaban J connectivity index is 2.52. The van der Waals surface area contributed by atoms with Gasteiger partial charge in [0.05, 0.1) is 10.7 Å². The van der Waals surface area contributed by atoms with E-state index in [-0.39, 0.29) is 0 Å². The van der Waals surface area contributed by atoms with Crippen molar-refractivity contribution in [3.63, 3.8) is 0 Å². The summed E-state index contributed by atoms with van der Waals surface area (Å²) in [5.74, 6) is 0.730. The molecule has 0 saturated heterocycles.